The SMILES string of the molecule is NCc1ccc(C(=O)NC2CCN3CCCCC23)nc1. The van der Waals surface area contributed by atoms with Crippen LogP contribution in [0.3, 0.4) is 0 Å². The second kappa shape index (κ2) is 5.89. The van der Waals surface area contributed by atoms with Crippen LogP contribution in [0.5, 0.6) is 0 Å². The van der Waals surface area contributed by atoms with Gasteiger partial charge in [0.25, 0.3) is 5.91 Å². The second-order valence-corrected chi connectivity index (χ2v) is 5.72. The van der Waals surface area contributed by atoms with Gasteiger partial charge in [0.2, 0.25) is 0 Å². The van der Waals surface area contributed by atoms with E-state index in [0.717, 1.165) is 18.5 Å². The minimum absolute atomic E-state index is 0.0639. The van der Waals surface area contributed by atoms with Crippen LogP contribution in [0.2, 0.25) is 0 Å². The van der Waals surface area contributed by atoms with E-state index in [1.807, 2.05) is 6.07 Å². The van der Waals surface area contributed by atoms with Crippen LogP contribution >= 0.6 is 0 Å². The van der Waals surface area contributed by atoms with Crippen molar-refractivity contribution in [1.82, 2.24) is 15.2 Å². The van der Waals surface area contributed by atoms with Gasteiger partial charge in [-0.3, -0.25) is 14.7 Å². The first-order valence-electron chi connectivity index (χ1n) is 7.48. The van der Waals surface area contributed by atoms with Crippen LogP contribution in [0.1, 0.15) is 41.7 Å². The van der Waals surface area contributed by atoms with Gasteiger partial charge in [-0.15, -0.1) is 0 Å². The number of hydrogen-bond acceptors (Lipinski definition) is 4. The first-order chi connectivity index (χ1) is 9.78. The third-order valence-corrected chi connectivity index (χ3v) is 4.47. The Labute approximate surface area is 119 Å². The highest BCUT2D eigenvalue weighted by Crippen LogP contribution is 2.27. The molecule has 2 aliphatic heterocycles. The van der Waals surface area contributed by atoms with Gasteiger partial charge in [-0.2, -0.15) is 0 Å². The van der Waals surface area contributed by atoms with E-state index in [4.69, 9.17) is 5.73 Å². The molecule has 20 heavy (non-hydrogen) atoms. The molecule has 108 valence electrons. The molecule has 0 spiro atoms. The fraction of sp³-hybridized carbons (Fsp3) is 0.600. The van der Waals surface area contributed by atoms with Gasteiger partial charge in [-0.1, -0.05) is 12.5 Å². The first kappa shape index (κ1) is 13.5. The highest BCUT2D eigenvalue weighted by atomic mass is 16.2. The van der Waals surface area contributed by atoms with Crippen LogP contribution in [0.25, 0.3) is 0 Å². The van der Waals surface area contributed by atoms with E-state index in [0.29, 0.717) is 18.3 Å². The summed E-state index contributed by atoms with van der Waals surface area (Å²) in [7, 11) is 0. The summed E-state index contributed by atoms with van der Waals surface area (Å²) in [6.07, 6.45) is 6.49. The average molecular weight is 274 g/mol. The molecule has 3 heterocycles. The van der Waals surface area contributed by atoms with Gasteiger partial charge in [0.15, 0.2) is 0 Å². The number of piperidine rings is 1. The van der Waals surface area contributed by atoms with Gasteiger partial charge >= 0.3 is 0 Å². The summed E-state index contributed by atoms with van der Waals surface area (Å²) < 4.78 is 0. The van der Waals surface area contributed by atoms with Crippen molar-refractivity contribution in [1.29, 1.82) is 0 Å². The van der Waals surface area contributed by atoms with Crippen LogP contribution in [0, 0.1) is 0 Å². The molecular weight excluding hydrogens is 252 g/mol. The van der Waals surface area contributed by atoms with Crippen LogP contribution in [0.4, 0.5) is 0 Å². The van der Waals surface area contributed by atoms with Gasteiger partial charge in [0.05, 0.1) is 0 Å². The Balaban J connectivity index is 1.63. The zero-order valence-electron chi connectivity index (χ0n) is 11.7. The number of nitrogens with two attached hydrogens (primary N) is 1. The third kappa shape index (κ3) is 2.69. The van der Waals surface area contributed by atoms with Gasteiger partial charge in [0, 0.05) is 31.4 Å². The average Bonchev–Trinajstić information content (AvgIpc) is 2.91. The lowest BCUT2D eigenvalue weighted by molar-refractivity contribution is 0.0910. The van der Waals surface area contributed by atoms with Crippen LogP contribution < -0.4 is 11.1 Å². The summed E-state index contributed by atoms with van der Waals surface area (Å²) in [6.45, 7) is 2.74. The lowest BCUT2D eigenvalue weighted by atomic mass is 9.99. The summed E-state index contributed by atoms with van der Waals surface area (Å²) in [5.41, 5.74) is 6.96. The Morgan fingerprint density at radius 1 is 1.35 bits per heavy atom. The van der Waals surface area contributed by atoms with Crippen LogP contribution in [-0.2, 0) is 6.54 Å². The van der Waals surface area contributed by atoms with Crippen molar-refractivity contribution >= 4 is 5.91 Å². The van der Waals surface area contributed by atoms with E-state index in [2.05, 4.69) is 15.2 Å². The number of pyridine rings is 1. The van der Waals surface area contributed by atoms with E-state index in [9.17, 15) is 4.79 Å². The molecule has 2 fully saturated rings. The topological polar surface area (TPSA) is 71.2 Å². The molecule has 0 radical (unpaired) electrons. The predicted octanol–water partition coefficient (Wildman–Crippen LogP) is 0.897. The zero-order valence-corrected chi connectivity index (χ0v) is 11.7. The standard InChI is InChI=1S/C15H22N4O/c16-9-11-4-5-13(17-10-11)15(20)18-12-6-8-19-7-2-1-3-14(12)19/h4-5,10,12,14H,1-3,6-9,16H2,(H,18,20). The van der Waals surface area contributed by atoms with E-state index in [1.165, 1.54) is 25.8 Å². The molecule has 5 nitrogen and oxygen atoms in total. The quantitative estimate of drug-likeness (QED) is 0.859. The first-order valence-corrected chi connectivity index (χ1v) is 7.48. The van der Waals surface area contributed by atoms with Gasteiger partial charge in [-0.25, -0.2) is 0 Å². The fourth-order valence-corrected chi connectivity index (χ4v) is 3.34. The zero-order chi connectivity index (χ0) is 13.9. The number of amides is 1. The summed E-state index contributed by atoms with van der Waals surface area (Å²) in [5, 5.41) is 3.16. The van der Waals surface area contributed by atoms with Crippen molar-refractivity contribution in [2.45, 2.75) is 44.3 Å². The van der Waals surface area contributed by atoms with E-state index in [1.54, 1.807) is 12.3 Å². The molecule has 2 aliphatic rings. The van der Waals surface area contributed by atoms with E-state index < -0.39 is 0 Å². The summed E-state index contributed by atoms with van der Waals surface area (Å²) >= 11 is 0. The Kier molecular flexibility index (Phi) is 3.98. The minimum atomic E-state index is -0.0639. The lowest BCUT2D eigenvalue weighted by Gasteiger charge is -2.32. The number of aromatic nitrogens is 1. The van der Waals surface area contributed by atoms with E-state index >= 15 is 0 Å². The van der Waals surface area contributed by atoms with Gasteiger partial charge in [0.1, 0.15) is 5.69 Å². The molecule has 2 unspecified atom stereocenters. The Morgan fingerprint density at radius 2 is 2.25 bits per heavy atom. The number of carbonyl (C=O) groups is 1. The summed E-state index contributed by atoms with van der Waals surface area (Å²) in [4.78, 5) is 19.0. The Hall–Kier alpha value is -1.46. The molecule has 0 saturated carbocycles. The predicted molar refractivity (Wildman–Crippen MR) is 77.2 cm³/mol. The maximum Gasteiger partial charge on any atom is 0.270 e. The molecule has 5 heteroatoms. The maximum absolute atomic E-state index is 12.3. The Morgan fingerprint density at radius 3 is 3.00 bits per heavy atom. The number of rotatable bonds is 3. The third-order valence-electron chi connectivity index (χ3n) is 4.47. The van der Waals surface area contributed by atoms with Crippen molar-refractivity contribution < 1.29 is 4.79 Å². The second-order valence-electron chi connectivity index (χ2n) is 5.72. The summed E-state index contributed by atoms with van der Waals surface area (Å²) in [6, 6.07) is 4.42. The molecular formula is C15H22N4O. The molecule has 2 saturated heterocycles. The molecule has 0 aromatic carbocycles. The van der Waals surface area contributed by atoms with Gasteiger partial charge < -0.3 is 11.1 Å². The molecule has 3 N–H and O–H groups in total. The maximum atomic E-state index is 12.3. The molecule has 0 aliphatic carbocycles. The molecule has 1 aromatic heterocycles. The number of nitrogens with zero attached hydrogens (tertiary/aromatic N) is 2. The fourth-order valence-electron chi connectivity index (χ4n) is 3.34. The van der Waals surface area contributed by atoms with Crippen LogP contribution in [0.15, 0.2) is 18.3 Å². The highest BCUT2D eigenvalue weighted by molar-refractivity contribution is 5.92. The van der Waals surface area contributed by atoms with Gasteiger partial charge in [-0.05, 0) is 37.4 Å². The number of hydrogen-bond donors (Lipinski definition) is 2. The molecule has 0 bridgehead atoms. The van der Waals surface area contributed by atoms with Crippen molar-refractivity contribution in [3.8, 4) is 0 Å². The van der Waals surface area contributed by atoms with Crippen LogP contribution in [-0.4, -0.2) is 41.0 Å². The van der Waals surface area contributed by atoms with Crippen molar-refractivity contribution in [2.75, 3.05) is 13.1 Å². The largest absolute Gasteiger partial charge is 0.346 e. The number of carbonyl (C=O) groups excluding carboxylic acids is 1. The molecule has 2 atom stereocenters. The monoisotopic (exact) mass is 274 g/mol. The summed E-state index contributed by atoms with van der Waals surface area (Å²) in [5.74, 6) is -0.0639. The van der Waals surface area contributed by atoms with Crippen molar-refractivity contribution in [3.63, 3.8) is 0 Å². The van der Waals surface area contributed by atoms with Crippen molar-refractivity contribution in [3.05, 3.63) is 29.6 Å². The molecule has 1 aromatic rings. The minimum Gasteiger partial charge on any atom is -0.346 e. The Bertz CT molecular complexity index is 473. The number of nitrogens with one attached hydrogen (secondary N) is 1. The lowest BCUT2D eigenvalue weighted by Crippen LogP contribution is -2.46. The normalized spacial score (nSPS) is 26.2. The number of fused-ring (bicyclic) bond motifs is 1. The van der Waals surface area contributed by atoms with Crippen molar-refractivity contribution in [2.24, 2.45) is 5.73 Å². The highest BCUT2D eigenvalue weighted by Gasteiger charge is 2.36. The molecule has 3 rings (SSSR count). The molecule has 1 amide bonds. The smallest absolute Gasteiger partial charge is 0.270 e. The van der Waals surface area contributed by atoms with E-state index in [-0.39, 0.29) is 11.9 Å².